The first kappa shape index (κ1) is 21.9. The number of nitrogens with zero attached hydrogens (tertiary/aromatic N) is 1. The van der Waals surface area contributed by atoms with Crippen molar-refractivity contribution in [1.82, 2.24) is 5.32 Å². The van der Waals surface area contributed by atoms with Gasteiger partial charge in [-0.3, -0.25) is 9.79 Å². The minimum Gasteiger partial charge on any atom is -0.370 e. The lowest BCUT2D eigenvalue weighted by molar-refractivity contribution is -0.120. The van der Waals surface area contributed by atoms with Crippen LogP contribution in [0.1, 0.15) is 104 Å². The molecule has 4 nitrogen and oxygen atoms in total. The Morgan fingerprint density at radius 3 is 2.70 bits per heavy atom. The van der Waals surface area contributed by atoms with Crippen molar-refractivity contribution in [2.45, 2.75) is 110 Å². The third kappa shape index (κ3) is 3.62. The van der Waals surface area contributed by atoms with E-state index in [0.717, 1.165) is 50.5 Å². The molecule has 0 amide bonds. The Morgan fingerprint density at radius 2 is 1.93 bits per heavy atom. The predicted octanol–water partition coefficient (Wildman–Crippen LogP) is 5.52. The Morgan fingerprint density at radius 1 is 1.10 bits per heavy atom. The molecule has 0 aromatic heterocycles. The molecule has 1 spiro atoms. The Labute approximate surface area is 183 Å². The molecule has 2 fully saturated rings. The van der Waals surface area contributed by atoms with E-state index in [9.17, 15) is 4.79 Å². The quantitative estimate of drug-likeness (QED) is 0.489. The summed E-state index contributed by atoms with van der Waals surface area (Å²) in [7, 11) is 0. The number of rotatable bonds is 9. The number of fused-ring (bicyclic) bond motifs is 1. The van der Waals surface area contributed by atoms with E-state index in [4.69, 9.17) is 5.73 Å². The lowest BCUT2D eigenvalue weighted by Crippen LogP contribution is -2.46. The molecule has 1 heterocycles. The van der Waals surface area contributed by atoms with Crippen molar-refractivity contribution in [3.05, 3.63) is 11.1 Å². The lowest BCUT2D eigenvalue weighted by atomic mass is 9.51. The summed E-state index contributed by atoms with van der Waals surface area (Å²) in [6, 6.07) is 0.420. The van der Waals surface area contributed by atoms with Crippen molar-refractivity contribution >= 4 is 11.7 Å². The van der Waals surface area contributed by atoms with E-state index in [2.05, 4.69) is 31.1 Å². The third-order valence-electron chi connectivity index (χ3n) is 9.36. The number of nitrogens with one attached hydrogen (secondary N) is 1. The standard InChI is InChI=1S/C26H43N3O/c1-4-5-6-7-9-18-12-13-19-16-22-21(23(30)17-26(18,22)25(19,2)3)11-8-10-20-14-15-28-24(27)29-20/h18-20H,4-17H2,1-3H3,(H3,27,28,29). The number of aliphatic imine (C=N–C) groups is 1. The van der Waals surface area contributed by atoms with Crippen LogP contribution in [-0.4, -0.2) is 24.3 Å². The monoisotopic (exact) mass is 413 g/mol. The van der Waals surface area contributed by atoms with Gasteiger partial charge in [-0.25, -0.2) is 0 Å². The number of carbonyl (C=O) groups is 1. The molecule has 4 aliphatic rings. The molecule has 4 unspecified atom stereocenters. The fourth-order valence-electron chi connectivity index (χ4n) is 7.63. The van der Waals surface area contributed by atoms with E-state index >= 15 is 0 Å². The van der Waals surface area contributed by atoms with Crippen LogP contribution in [0.5, 0.6) is 0 Å². The van der Waals surface area contributed by atoms with Gasteiger partial charge < -0.3 is 11.1 Å². The second-order valence-corrected chi connectivity index (χ2v) is 11.1. The molecule has 2 bridgehead atoms. The molecule has 0 radical (unpaired) electrons. The first-order valence-electron chi connectivity index (χ1n) is 12.7. The number of allylic oxidation sites excluding steroid dienone is 2. The van der Waals surface area contributed by atoms with Gasteiger partial charge >= 0.3 is 0 Å². The molecule has 0 saturated heterocycles. The van der Waals surface area contributed by atoms with Crippen LogP contribution in [0.3, 0.4) is 0 Å². The summed E-state index contributed by atoms with van der Waals surface area (Å²) in [5, 5.41) is 3.32. The van der Waals surface area contributed by atoms with E-state index < -0.39 is 0 Å². The van der Waals surface area contributed by atoms with E-state index in [0.29, 0.717) is 17.8 Å². The number of Topliss-reactive ketones (excluding diaryl/α,β-unsaturated/α-hetero) is 1. The van der Waals surface area contributed by atoms with Crippen LogP contribution in [0, 0.1) is 22.7 Å². The van der Waals surface area contributed by atoms with Gasteiger partial charge in [-0.05, 0) is 74.2 Å². The number of nitrogens with two attached hydrogens (primary N) is 1. The van der Waals surface area contributed by atoms with Gasteiger partial charge in [0, 0.05) is 24.4 Å². The zero-order valence-electron chi connectivity index (χ0n) is 19.6. The van der Waals surface area contributed by atoms with Crippen LogP contribution in [0.25, 0.3) is 0 Å². The molecular formula is C26H43N3O. The van der Waals surface area contributed by atoms with Crippen LogP contribution in [0.4, 0.5) is 0 Å². The second-order valence-electron chi connectivity index (χ2n) is 11.1. The molecule has 30 heavy (non-hydrogen) atoms. The Balaban J connectivity index is 1.49. The molecule has 0 aromatic carbocycles. The van der Waals surface area contributed by atoms with Crippen molar-refractivity contribution in [2.75, 3.05) is 6.54 Å². The van der Waals surface area contributed by atoms with Crippen LogP contribution in [0.2, 0.25) is 0 Å². The molecule has 2 saturated carbocycles. The van der Waals surface area contributed by atoms with Gasteiger partial charge in [0.2, 0.25) is 0 Å². The first-order valence-corrected chi connectivity index (χ1v) is 12.7. The smallest absolute Gasteiger partial charge is 0.188 e. The fraction of sp³-hybridized carbons (Fsp3) is 0.846. The number of guanidine groups is 1. The first-order chi connectivity index (χ1) is 14.4. The maximum atomic E-state index is 13.3. The number of unbranched alkanes of at least 4 members (excludes halogenated alkanes) is 3. The highest BCUT2D eigenvalue weighted by atomic mass is 16.1. The normalized spacial score (nSPS) is 34.7. The summed E-state index contributed by atoms with van der Waals surface area (Å²) >= 11 is 0. The van der Waals surface area contributed by atoms with Gasteiger partial charge in [0.1, 0.15) is 0 Å². The number of hydrogen-bond donors (Lipinski definition) is 2. The number of ketones is 1. The van der Waals surface area contributed by atoms with Gasteiger partial charge in [-0.1, -0.05) is 52.0 Å². The van der Waals surface area contributed by atoms with Crippen molar-refractivity contribution in [3.63, 3.8) is 0 Å². The highest BCUT2D eigenvalue weighted by Crippen LogP contribution is 2.73. The molecule has 168 valence electrons. The largest absolute Gasteiger partial charge is 0.370 e. The summed E-state index contributed by atoms with van der Waals surface area (Å²) in [6.45, 7) is 8.10. The lowest BCUT2D eigenvalue weighted by Gasteiger charge is -2.52. The van der Waals surface area contributed by atoms with Gasteiger partial charge in [0.15, 0.2) is 11.7 Å². The van der Waals surface area contributed by atoms with Crippen molar-refractivity contribution in [1.29, 1.82) is 0 Å². The summed E-state index contributed by atoms with van der Waals surface area (Å²) in [4.78, 5) is 17.6. The van der Waals surface area contributed by atoms with Gasteiger partial charge in [-0.15, -0.1) is 0 Å². The molecule has 0 aromatic rings. The Hall–Kier alpha value is -1.32. The molecular weight excluding hydrogens is 370 g/mol. The SMILES string of the molecule is CCCCCCC1CCC2CC3=C(CCCC4CCN=C(N)N4)C(=O)CC31C2(C)C. The van der Waals surface area contributed by atoms with Crippen LogP contribution in [-0.2, 0) is 4.79 Å². The predicted molar refractivity (Wildman–Crippen MR) is 124 cm³/mol. The third-order valence-corrected chi connectivity index (χ3v) is 9.36. The topological polar surface area (TPSA) is 67.5 Å². The highest BCUT2D eigenvalue weighted by Gasteiger charge is 2.66. The van der Waals surface area contributed by atoms with Crippen LogP contribution >= 0.6 is 0 Å². The average Bonchev–Trinajstić information content (AvgIpc) is 3.01. The summed E-state index contributed by atoms with van der Waals surface area (Å²) in [6.07, 6.45) is 15.6. The maximum absolute atomic E-state index is 13.3. The van der Waals surface area contributed by atoms with E-state index in [1.165, 1.54) is 56.9 Å². The van der Waals surface area contributed by atoms with E-state index in [1.807, 2.05) is 0 Å². The van der Waals surface area contributed by atoms with Crippen LogP contribution < -0.4 is 11.1 Å². The minimum atomic E-state index is 0.175. The Bertz CT molecular complexity index is 722. The van der Waals surface area contributed by atoms with Crippen molar-refractivity contribution < 1.29 is 4.79 Å². The minimum absolute atomic E-state index is 0.175. The zero-order valence-corrected chi connectivity index (χ0v) is 19.6. The van der Waals surface area contributed by atoms with Gasteiger partial charge in [0.25, 0.3) is 0 Å². The van der Waals surface area contributed by atoms with Crippen molar-refractivity contribution in [3.8, 4) is 0 Å². The maximum Gasteiger partial charge on any atom is 0.188 e. The molecule has 4 rings (SSSR count). The van der Waals surface area contributed by atoms with Crippen LogP contribution in [0.15, 0.2) is 16.1 Å². The van der Waals surface area contributed by atoms with Crippen molar-refractivity contribution in [2.24, 2.45) is 33.4 Å². The fourth-order valence-corrected chi connectivity index (χ4v) is 7.63. The molecule has 1 aliphatic heterocycles. The van der Waals surface area contributed by atoms with Gasteiger partial charge in [0.05, 0.1) is 0 Å². The molecule has 4 atom stereocenters. The van der Waals surface area contributed by atoms with E-state index in [1.54, 1.807) is 5.57 Å². The highest BCUT2D eigenvalue weighted by molar-refractivity contribution is 6.00. The zero-order chi connectivity index (χ0) is 21.4. The summed E-state index contributed by atoms with van der Waals surface area (Å²) in [5.41, 5.74) is 9.15. The number of carbonyl (C=O) groups excluding carboxylic acids is 1. The second kappa shape index (κ2) is 8.67. The number of hydrogen-bond acceptors (Lipinski definition) is 4. The summed E-state index contributed by atoms with van der Waals surface area (Å²) < 4.78 is 0. The molecule has 4 heteroatoms. The molecule has 3 N–H and O–H groups in total. The Kier molecular flexibility index (Phi) is 6.33. The molecule has 3 aliphatic carbocycles. The van der Waals surface area contributed by atoms with Gasteiger partial charge in [-0.2, -0.15) is 0 Å². The average molecular weight is 414 g/mol. The summed E-state index contributed by atoms with van der Waals surface area (Å²) in [5.74, 6) is 2.56. The van der Waals surface area contributed by atoms with E-state index in [-0.39, 0.29) is 10.8 Å².